The molecule has 4 aromatic rings. The average molecular weight is 561 g/mol. The number of nitrogens with one attached hydrogen (secondary N) is 2. The zero-order valence-corrected chi connectivity index (χ0v) is 22.8. The third kappa shape index (κ3) is 6.05. The second-order valence-electron chi connectivity index (χ2n) is 10.1. The Morgan fingerprint density at radius 2 is 1.88 bits per heavy atom. The monoisotopic (exact) mass is 560 g/mol. The van der Waals surface area contributed by atoms with Crippen LogP contribution >= 0.6 is 11.3 Å². The Hall–Kier alpha value is -4.09. The molecular formula is C29H29FN6O3S. The predicted molar refractivity (Wildman–Crippen MR) is 152 cm³/mol. The van der Waals surface area contributed by atoms with E-state index in [1.165, 1.54) is 23.5 Å². The smallest absolute Gasteiger partial charge is 0.319 e. The molecule has 206 valence electrons. The number of benzene rings is 1. The van der Waals surface area contributed by atoms with Crippen LogP contribution in [0.1, 0.15) is 25.3 Å². The molecule has 4 heterocycles. The Kier molecular flexibility index (Phi) is 7.31. The molecule has 1 saturated carbocycles. The van der Waals surface area contributed by atoms with Crippen LogP contribution in [0.15, 0.2) is 54.9 Å². The van der Waals surface area contributed by atoms with Gasteiger partial charge in [0.25, 0.3) is 0 Å². The van der Waals surface area contributed by atoms with E-state index in [2.05, 4.69) is 31.6 Å². The lowest BCUT2D eigenvalue weighted by molar-refractivity contribution is -0.130. The second-order valence-corrected chi connectivity index (χ2v) is 11.1. The van der Waals surface area contributed by atoms with Gasteiger partial charge in [-0.2, -0.15) is 0 Å². The molecule has 3 aromatic heterocycles. The van der Waals surface area contributed by atoms with E-state index in [0.29, 0.717) is 11.4 Å². The molecule has 0 atom stereocenters. The van der Waals surface area contributed by atoms with Crippen molar-refractivity contribution in [3.05, 3.63) is 66.2 Å². The Labute approximate surface area is 235 Å². The number of ether oxygens (including phenoxy) is 1. The Morgan fingerprint density at radius 3 is 2.58 bits per heavy atom. The van der Waals surface area contributed by atoms with Crippen LogP contribution in [-0.4, -0.2) is 63.9 Å². The highest BCUT2D eigenvalue weighted by Crippen LogP contribution is 2.39. The molecule has 2 N–H and O–H groups in total. The number of anilines is 1. The van der Waals surface area contributed by atoms with Crippen LogP contribution in [0.5, 0.6) is 11.5 Å². The van der Waals surface area contributed by atoms with Gasteiger partial charge in [-0.3, -0.25) is 19.7 Å². The van der Waals surface area contributed by atoms with Crippen LogP contribution in [0, 0.1) is 5.82 Å². The molecule has 2 fully saturated rings. The molecule has 0 bridgehead atoms. The lowest BCUT2D eigenvalue weighted by Crippen LogP contribution is -2.47. The number of hydrogen-bond acceptors (Lipinski definition) is 7. The molecular weight excluding hydrogens is 531 g/mol. The molecule has 2 aliphatic rings. The van der Waals surface area contributed by atoms with Gasteiger partial charge < -0.3 is 20.3 Å². The highest BCUT2D eigenvalue weighted by Gasteiger charge is 2.23. The normalized spacial score (nSPS) is 15.7. The number of urea groups is 1. The molecule has 6 rings (SSSR count). The van der Waals surface area contributed by atoms with Crippen molar-refractivity contribution in [3.63, 3.8) is 0 Å². The summed E-state index contributed by atoms with van der Waals surface area (Å²) in [4.78, 5) is 37.8. The summed E-state index contributed by atoms with van der Waals surface area (Å²) in [5.41, 5.74) is 3.03. The molecule has 0 radical (unpaired) electrons. The fourth-order valence-electron chi connectivity index (χ4n) is 4.62. The first kappa shape index (κ1) is 26.1. The SMILES string of the molecule is CC(=O)N1CCN(Cc2ccc(-c3cc4nccc(Oc5ccc(NC(=O)NC6CC6)cc5F)c4s3)nc2)CC1. The van der Waals surface area contributed by atoms with Crippen LogP contribution < -0.4 is 15.4 Å². The van der Waals surface area contributed by atoms with E-state index >= 15 is 0 Å². The second kappa shape index (κ2) is 11.2. The molecule has 0 unspecified atom stereocenters. The highest BCUT2D eigenvalue weighted by molar-refractivity contribution is 7.22. The van der Waals surface area contributed by atoms with E-state index in [-0.39, 0.29) is 23.7 Å². The molecule has 1 aromatic carbocycles. The third-order valence-corrected chi connectivity index (χ3v) is 8.16. The molecule has 1 aliphatic carbocycles. The van der Waals surface area contributed by atoms with Gasteiger partial charge in [0.1, 0.15) is 5.75 Å². The number of fused-ring (bicyclic) bond motifs is 1. The molecule has 9 nitrogen and oxygen atoms in total. The van der Waals surface area contributed by atoms with Gasteiger partial charge >= 0.3 is 6.03 Å². The largest absolute Gasteiger partial charge is 0.453 e. The minimum atomic E-state index is -0.578. The molecule has 1 aliphatic heterocycles. The zero-order chi connectivity index (χ0) is 27.6. The van der Waals surface area contributed by atoms with Crippen molar-refractivity contribution in [2.24, 2.45) is 0 Å². The number of carbonyl (C=O) groups is 2. The topological polar surface area (TPSA) is 99.7 Å². The van der Waals surface area contributed by atoms with Crippen molar-refractivity contribution in [1.29, 1.82) is 0 Å². The van der Waals surface area contributed by atoms with Gasteiger partial charge in [-0.15, -0.1) is 11.3 Å². The molecule has 11 heteroatoms. The van der Waals surface area contributed by atoms with Crippen molar-refractivity contribution < 1.29 is 18.7 Å². The first-order valence-electron chi connectivity index (χ1n) is 13.3. The lowest BCUT2D eigenvalue weighted by atomic mass is 10.2. The number of aromatic nitrogens is 2. The van der Waals surface area contributed by atoms with E-state index < -0.39 is 5.82 Å². The number of halogens is 1. The number of pyridine rings is 2. The summed E-state index contributed by atoms with van der Waals surface area (Å²) in [6, 6.07) is 12.0. The van der Waals surface area contributed by atoms with Crippen molar-refractivity contribution in [1.82, 2.24) is 25.1 Å². The molecule has 1 saturated heterocycles. The van der Waals surface area contributed by atoms with Gasteiger partial charge in [0, 0.05) is 75.9 Å². The molecule has 3 amide bonds. The molecule has 40 heavy (non-hydrogen) atoms. The zero-order valence-electron chi connectivity index (χ0n) is 22.0. The van der Waals surface area contributed by atoms with Gasteiger partial charge in [-0.05, 0) is 42.7 Å². The summed E-state index contributed by atoms with van der Waals surface area (Å²) in [6.07, 6.45) is 5.47. The van der Waals surface area contributed by atoms with Crippen LogP contribution in [0.2, 0.25) is 0 Å². The van der Waals surface area contributed by atoms with Crippen molar-refractivity contribution >= 4 is 39.2 Å². The number of nitrogens with zero attached hydrogens (tertiary/aromatic N) is 4. The fourth-order valence-corrected chi connectivity index (χ4v) is 5.67. The number of thiophene rings is 1. The van der Waals surface area contributed by atoms with Gasteiger partial charge in [0.15, 0.2) is 11.6 Å². The van der Waals surface area contributed by atoms with E-state index in [1.807, 2.05) is 23.2 Å². The van der Waals surface area contributed by atoms with E-state index in [9.17, 15) is 14.0 Å². The first-order valence-corrected chi connectivity index (χ1v) is 14.1. The van der Waals surface area contributed by atoms with Gasteiger partial charge in [-0.25, -0.2) is 9.18 Å². The standard InChI is InChI=1S/C29H29FN6O3S/c1-18(37)36-12-10-35(11-13-36)17-19-2-6-23(32-16-19)27-15-24-28(40-27)26(8-9-31-24)39-25-7-5-21(14-22(25)30)34-29(38)33-20-3-4-20/h2,5-9,14-16,20H,3-4,10-13,17H2,1H3,(H2,33,34,38). The number of carbonyl (C=O) groups excluding carboxylic acids is 2. The van der Waals surface area contributed by atoms with E-state index in [1.54, 1.807) is 25.3 Å². The van der Waals surface area contributed by atoms with Crippen LogP contribution in [0.3, 0.4) is 0 Å². The number of amides is 3. The van der Waals surface area contributed by atoms with Crippen LogP contribution in [0.4, 0.5) is 14.9 Å². The minimum absolute atomic E-state index is 0.0576. The minimum Gasteiger partial charge on any atom is -0.453 e. The summed E-state index contributed by atoms with van der Waals surface area (Å²) >= 11 is 1.48. The Bertz CT molecular complexity index is 1550. The van der Waals surface area contributed by atoms with Crippen molar-refractivity contribution in [2.45, 2.75) is 32.4 Å². The number of piperazine rings is 1. The van der Waals surface area contributed by atoms with Gasteiger partial charge in [0.2, 0.25) is 5.91 Å². The maximum absolute atomic E-state index is 14.9. The van der Waals surface area contributed by atoms with E-state index in [4.69, 9.17) is 4.74 Å². The summed E-state index contributed by atoms with van der Waals surface area (Å²) in [6.45, 7) is 5.61. The average Bonchev–Trinajstić information content (AvgIpc) is 3.64. The maximum Gasteiger partial charge on any atom is 0.319 e. The van der Waals surface area contributed by atoms with Gasteiger partial charge in [-0.1, -0.05) is 6.07 Å². The van der Waals surface area contributed by atoms with E-state index in [0.717, 1.165) is 71.9 Å². The van der Waals surface area contributed by atoms with Crippen LogP contribution in [0.25, 0.3) is 20.8 Å². The predicted octanol–water partition coefficient (Wildman–Crippen LogP) is 5.24. The summed E-state index contributed by atoms with van der Waals surface area (Å²) < 4.78 is 21.6. The summed E-state index contributed by atoms with van der Waals surface area (Å²) in [5, 5.41) is 5.46. The summed E-state index contributed by atoms with van der Waals surface area (Å²) in [7, 11) is 0. The fraction of sp³-hybridized carbons (Fsp3) is 0.310. The lowest BCUT2D eigenvalue weighted by Gasteiger charge is -2.34. The number of rotatable bonds is 7. The Morgan fingerprint density at radius 1 is 1.05 bits per heavy atom. The van der Waals surface area contributed by atoms with Gasteiger partial charge in [0.05, 0.1) is 20.8 Å². The Balaban J connectivity index is 1.13. The highest BCUT2D eigenvalue weighted by atomic mass is 32.1. The first-order chi connectivity index (χ1) is 19.4. The maximum atomic E-state index is 14.9. The molecule has 0 spiro atoms. The third-order valence-electron chi connectivity index (χ3n) is 7.00. The number of hydrogen-bond donors (Lipinski definition) is 2. The summed E-state index contributed by atoms with van der Waals surface area (Å²) in [5.74, 6) is 0.101. The quantitative estimate of drug-likeness (QED) is 0.321. The van der Waals surface area contributed by atoms with Crippen molar-refractivity contribution in [2.75, 3.05) is 31.5 Å². The van der Waals surface area contributed by atoms with Crippen LogP contribution in [-0.2, 0) is 11.3 Å². The van der Waals surface area contributed by atoms with Crippen molar-refractivity contribution in [3.8, 4) is 22.1 Å².